The molecule has 1 saturated carbocycles. The Morgan fingerprint density at radius 2 is 1.97 bits per heavy atom. The van der Waals surface area contributed by atoms with Gasteiger partial charge in [0.2, 0.25) is 11.8 Å². The lowest BCUT2D eigenvalue weighted by molar-refractivity contribution is -0.201. The maximum Gasteiger partial charge on any atom is 0.425 e. The zero-order chi connectivity index (χ0) is 27.4. The molecule has 202 valence electrons. The Kier molecular flexibility index (Phi) is 6.35. The molecule has 1 aromatic carbocycles. The zero-order valence-corrected chi connectivity index (χ0v) is 21.3. The van der Waals surface area contributed by atoms with Gasteiger partial charge in [-0.3, -0.25) is 19.5 Å². The molecule has 3 aliphatic rings. The summed E-state index contributed by atoms with van der Waals surface area (Å²) in [6.07, 6.45) is -3.63. The highest BCUT2D eigenvalue weighted by Crippen LogP contribution is 2.56. The van der Waals surface area contributed by atoms with Crippen LogP contribution in [0.2, 0.25) is 0 Å². The third-order valence-electron chi connectivity index (χ3n) is 7.63. The zero-order valence-electron chi connectivity index (χ0n) is 21.3. The van der Waals surface area contributed by atoms with Crippen LogP contribution in [0.25, 0.3) is 0 Å². The number of guanidine groups is 1. The van der Waals surface area contributed by atoms with Gasteiger partial charge in [-0.2, -0.15) is 13.2 Å². The molecule has 38 heavy (non-hydrogen) atoms. The molecule has 6 atom stereocenters. The van der Waals surface area contributed by atoms with E-state index in [1.54, 1.807) is 36.7 Å². The number of alkyl halides is 3. The summed E-state index contributed by atoms with van der Waals surface area (Å²) in [5.41, 5.74) is 6.85. The van der Waals surface area contributed by atoms with Crippen LogP contribution in [-0.4, -0.2) is 45.5 Å². The summed E-state index contributed by atoms with van der Waals surface area (Å²) in [5, 5.41) is 2.84. The fraction of sp³-hybridized carbons (Fsp3) is 0.481. The second-order valence-electron chi connectivity index (χ2n) is 10.9. The van der Waals surface area contributed by atoms with Gasteiger partial charge in [0.15, 0.2) is 12.1 Å². The number of benzene rings is 1. The van der Waals surface area contributed by atoms with E-state index >= 15 is 0 Å². The van der Waals surface area contributed by atoms with Crippen LogP contribution in [0.15, 0.2) is 53.8 Å². The highest BCUT2D eigenvalue weighted by molar-refractivity contribution is 5.99. The van der Waals surface area contributed by atoms with Gasteiger partial charge >= 0.3 is 6.18 Å². The summed E-state index contributed by atoms with van der Waals surface area (Å²) in [6, 6.07) is 8.52. The number of nitrogens with zero attached hydrogens (tertiary/aromatic N) is 3. The van der Waals surface area contributed by atoms with Gasteiger partial charge in [0, 0.05) is 30.3 Å². The van der Waals surface area contributed by atoms with Gasteiger partial charge in [0.1, 0.15) is 5.75 Å². The van der Waals surface area contributed by atoms with Gasteiger partial charge < -0.3 is 15.8 Å². The predicted molar refractivity (Wildman–Crippen MR) is 133 cm³/mol. The Hall–Kier alpha value is -3.63. The van der Waals surface area contributed by atoms with Gasteiger partial charge in [-0.1, -0.05) is 31.2 Å². The first kappa shape index (κ1) is 26.0. The van der Waals surface area contributed by atoms with E-state index in [0.717, 1.165) is 0 Å². The van der Waals surface area contributed by atoms with Gasteiger partial charge in [0.05, 0.1) is 24.0 Å². The van der Waals surface area contributed by atoms with Crippen molar-refractivity contribution in [1.29, 1.82) is 0 Å². The van der Waals surface area contributed by atoms with Crippen molar-refractivity contribution >= 4 is 17.8 Å². The van der Waals surface area contributed by atoms with Crippen molar-refractivity contribution in [3.05, 3.63) is 59.9 Å². The standard InChI is InChI=1S/C27H30F3N5O3/c1-14-21(23(15-7-6-10-32-13-15)35-20(36)12-26(2,3)34-25(35)31)22(14)24(37)33-17-11-19(27(28,29)30)38-18-9-5-4-8-16(17)18/h4-10,13-14,17,19,21-23H,11-12H2,1-3H3,(H2,31,34)(H,33,37). The molecule has 2 amide bonds. The summed E-state index contributed by atoms with van der Waals surface area (Å²) in [5.74, 6) is -1.44. The molecule has 11 heteroatoms. The highest BCUT2D eigenvalue weighted by atomic mass is 19.4. The minimum Gasteiger partial charge on any atom is -0.480 e. The SMILES string of the molecule is CC1C(C(=O)NC2CC(C(F)(F)F)Oc3ccccc32)C1C(c1cccnc1)N1C(=O)CC(C)(C)N=C1N. The van der Waals surface area contributed by atoms with E-state index in [9.17, 15) is 22.8 Å². The summed E-state index contributed by atoms with van der Waals surface area (Å²) in [7, 11) is 0. The van der Waals surface area contributed by atoms with Crippen LogP contribution in [0.4, 0.5) is 13.2 Å². The molecule has 2 aromatic rings. The number of fused-ring (bicyclic) bond motifs is 1. The largest absolute Gasteiger partial charge is 0.480 e. The van der Waals surface area contributed by atoms with E-state index in [0.29, 0.717) is 11.1 Å². The molecule has 0 radical (unpaired) electrons. The molecule has 0 spiro atoms. The highest BCUT2D eigenvalue weighted by Gasteiger charge is 2.59. The monoisotopic (exact) mass is 529 g/mol. The number of amides is 2. The quantitative estimate of drug-likeness (QED) is 0.611. The molecule has 0 saturated heterocycles. The van der Waals surface area contributed by atoms with Crippen molar-refractivity contribution in [3.63, 3.8) is 0 Å². The number of aliphatic imine (C=N–C) groups is 1. The van der Waals surface area contributed by atoms with Crippen LogP contribution in [0, 0.1) is 17.8 Å². The van der Waals surface area contributed by atoms with Crippen LogP contribution in [0.5, 0.6) is 5.75 Å². The molecular weight excluding hydrogens is 499 g/mol. The molecule has 8 nitrogen and oxygen atoms in total. The second kappa shape index (κ2) is 9.28. The number of ether oxygens (including phenoxy) is 1. The Bertz CT molecular complexity index is 1270. The maximum absolute atomic E-state index is 13.6. The van der Waals surface area contributed by atoms with Crippen LogP contribution in [-0.2, 0) is 9.59 Å². The van der Waals surface area contributed by atoms with Gasteiger partial charge in [0.25, 0.3) is 0 Å². The van der Waals surface area contributed by atoms with Crippen LogP contribution < -0.4 is 15.8 Å². The normalized spacial score (nSPS) is 29.0. The molecule has 1 aliphatic carbocycles. The van der Waals surface area contributed by atoms with Crippen LogP contribution in [0.1, 0.15) is 56.8 Å². The predicted octanol–water partition coefficient (Wildman–Crippen LogP) is 3.90. The van der Waals surface area contributed by atoms with E-state index in [4.69, 9.17) is 10.5 Å². The van der Waals surface area contributed by atoms with Gasteiger partial charge in [-0.25, -0.2) is 4.99 Å². The molecule has 3 N–H and O–H groups in total. The average Bonchev–Trinajstić information content (AvgIpc) is 3.50. The van der Waals surface area contributed by atoms with Crippen molar-refractivity contribution in [2.24, 2.45) is 28.5 Å². The van der Waals surface area contributed by atoms with E-state index in [1.807, 2.05) is 26.8 Å². The Morgan fingerprint density at radius 1 is 1.24 bits per heavy atom. The summed E-state index contributed by atoms with van der Waals surface area (Å²) in [6.45, 7) is 5.54. The third kappa shape index (κ3) is 4.81. The first-order valence-corrected chi connectivity index (χ1v) is 12.6. The number of hydrogen-bond acceptors (Lipinski definition) is 6. The first-order chi connectivity index (χ1) is 17.9. The molecule has 3 heterocycles. The molecular formula is C27H30F3N5O3. The van der Waals surface area contributed by atoms with Crippen molar-refractivity contribution in [1.82, 2.24) is 15.2 Å². The number of rotatable bonds is 5. The number of pyridine rings is 1. The van der Waals surface area contributed by atoms with E-state index in [1.165, 1.54) is 11.0 Å². The van der Waals surface area contributed by atoms with Crippen molar-refractivity contribution < 1.29 is 27.5 Å². The number of carbonyl (C=O) groups excluding carboxylic acids is 2. The lowest BCUT2D eigenvalue weighted by atomic mass is 9.94. The molecule has 6 unspecified atom stereocenters. The fourth-order valence-electron chi connectivity index (χ4n) is 5.79. The van der Waals surface area contributed by atoms with E-state index < -0.39 is 42.2 Å². The number of carbonyl (C=O) groups is 2. The Balaban J connectivity index is 1.42. The van der Waals surface area contributed by atoms with Crippen molar-refractivity contribution in [3.8, 4) is 5.75 Å². The number of aromatic nitrogens is 1. The van der Waals surface area contributed by atoms with Crippen molar-refractivity contribution in [2.45, 2.75) is 63.5 Å². The second-order valence-corrected chi connectivity index (χ2v) is 10.9. The fourth-order valence-corrected chi connectivity index (χ4v) is 5.79. The number of para-hydroxylation sites is 1. The maximum atomic E-state index is 13.6. The van der Waals surface area contributed by atoms with E-state index in [2.05, 4.69) is 15.3 Å². The number of halogens is 3. The van der Waals surface area contributed by atoms with Gasteiger partial charge in [-0.15, -0.1) is 0 Å². The van der Waals surface area contributed by atoms with E-state index in [-0.39, 0.29) is 41.8 Å². The lowest BCUT2D eigenvalue weighted by Gasteiger charge is -2.38. The minimum absolute atomic E-state index is 0.0738. The average molecular weight is 530 g/mol. The Labute approximate surface area is 218 Å². The molecule has 5 rings (SSSR count). The molecule has 1 fully saturated rings. The van der Waals surface area contributed by atoms with Crippen molar-refractivity contribution in [2.75, 3.05) is 0 Å². The topological polar surface area (TPSA) is 110 Å². The molecule has 0 bridgehead atoms. The number of nitrogens with two attached hydrogens (primary N) is 1. The minimum atomic E-state index is -4.57. The van der Waals surface area contributed by atoms with Crippen LogP contribution in [0.3, 0.4) is 0 Å². The number of hydrogen-bond donors (Lipinski definition) is 2. The summed E-state index contributed by atoms with van der Waals surface area (Å²) < 4.78 is 45.9. The molecule has 2 aliphatic heterocycles. The Morgan fingerprint density at radius 3 is 2.63 bits per heavy atom. The summed E-state index contributed by atoms with van der Waals surface area (Å²) in [4.78, 5) is 36.9. The van der Waals surface area contributed by atoms with Gasteiger partial charge in [-0.05, 0) is 43.4 Å². The summed E-state index contributed by atoms with van der Waals surface area (Å²) >= 11 is 0. The van der Waals surface area contributed by atoms with Crippen LogP contribution >= 0.6 is 0 Å². The third-order valence-corrected chi connectivity index (χ3v) is 7.63. The number of nitrogens with one attached hydrogen (secondary N) is 1. The molecule has 1 aromatic heterocycles. The smallest absolute Gasteiger partial charge is 0.425 e. The lowest BCUT2D eigenvalue weighted by Crippen LogP contribution is -2.52. The first-order valence-electron chi connectivity index (χ1n) is 12.6.